The maximum Gasteiger partial charge on any atom is 0.142 e. The summed E-state index contributed by atoms with van der Waals surface area (Å²) in [4.78, 5) is 5.21. The summed E-state index contributed by atoms with van der Waals surface area (Å²) in [5.74, 6) is 2.76. The van der Waals surface area contributed by atoms with Gasteiger partial charge in [0.15, 0.2) is 0 Å². The minimum absolute atomic E-state index is 0.215. The molecule has 4 heteroatoms. The summed E-state index contributed by atoms with van der Waals surface area (Å²) in [5.41, 5.74) is 3.77. The number of benzene rings is 3. The van der Waals surface area contributed by atoms with Gasteiger partial charge in [0.25, 0.3) is 0 Å². The second kappa shape index (κ2) is 9.48. The van der Waals surface area contributed by atoms with Gasteiger partial charge >= 0.3 is 0 Å². The van der Waals surface area contributed by atoms with Gasteiger partial charge in [0, 0.05) is 30.6 Å². The highest BCUT2D eigenvalue weighted by Crippen LogP contribution is 2.47. The molecule has 3 heterocycles. The number of anilines is 1. The number of para-hydroxylation sites is 3. The summed E-state index contributed by atoms with van der Waals surface area (Å²) in [6.45, 7) is 2.31. The Hall–Kier alpha value is -2.98. The Bertz CT molecular complexity index is 1060. The normalized spacial score (nSPS) is 24.8. The van der Waals surface area contributed by atoms with Crippen molar-refractivity contribution in [1.29, 1.82) is 0 Å². The van der Waals surface area contributed by atoms with Gasteiger partial charge < -0.3 is 14.4 Å². The Balaban J connectivity index is 1.65. The average Bonchev–Trinajstić information content (AvgIpc) is 2.90. The standard InChI is InChI=1S/C29H34N2O2/c1-30(24-14-8-10-16-26(24)33-3)28-22-17-19-31(20-18-22)29(28)27(21-11-5-4-6-12-21)23-13-7-9-15-25(23)32-2/h4-16,22,27-29H,17-20H2,1-3H3/t27-,28-,29-/m1/s1. The molecule has 3 aliphatic rings. The van der Waals surface area contributed by atoms with Gasteiger partial charge in [0.2, 0.25) is 0 Å². The van der Waals surface area contributed by atoms with E-state index in [9.17, 15) is 0 Å². The lowest BCUT2D eigenvalue weighted by atomic mass is 9.69. The van der Waals surface area contributed by atoms with Crippen LogP contribution in [0.5, 0.6) is 11.5 Å². The number of ether oxygens (including phenoxy) is 2. The van der Waals surface area contributed by atoms with Crippen molar-refractivity contribution in [2.24, 2.45) is 5.92 Å². The van der Waals surface area contributed by atoms with Crippen LogP contribution in [0.1, 0.15) is 29.9 Å². The van der Waals surface area contributed by atoms with E-state index in [2.05, 4.69) is 89.6 Å². The van der Waals surface area contributed by atoms with Crippen LogP contribution in [0.4, 0.5) is 5.69 Å². The van der Waals surface area contributed by atoms with Gasteiger partial charge in [-0.05, 0) is 55.6 Å². The van der Waals surface area contributed by atoms with Crippen LogP contribution in [0.2, 0.25) is 0 Å². The molecule has 0 saturated carbocycles. The second-order valence-electron chi connectivity index (χ2n) is 9.27. The third-order valence-electron chi connectivity index (χ3n) is 7.72. The van der Waals surface area contributed by atoms with Crippen LogP contribution in [0.3, 0.4) is 0 Å². The molecule has 3 aliphatic heterocycles. The minimum atomic E-state index is 0.215. The second-order valence-corrected chi connectivity index (χ2v) is 9.27. The molecule has 0 unspecified atom stereocenters. The van der Waals surface area contributed by atoms with E-state index in [0.29, 0.717) is 18.0 Å². The van der Waals surface area contributed by atoms with Crippen LogP contribution in [0.25, 0.3) is 0 Å². The highest BCUT2D eigenvalue weighted by Gasteiger charge is 2.49. The lowest BCUT2D eigenvalue weighted by Crippen LogP contribution is -2.65. The molecule has 3 aromatic rings. The lowest BCUT2D eigenvalue weighted by molar-refractivity contribution is 0.0182. The first-order valence-electron chi connectivity index (χ1n) is 12.0. The zero-order valence-corrected chi connectivity index (χ0v) is 19.9. The Morgan fingerprint density at radius 2 is 1.39 bits per heavy atom. The Morgan fingerprint density at radius 1 is 0.788 bits per heavy atom. The summed E-state index contributed by atoms with van der Waals surface area (Å²) < 4.78 is 11.6. The van der Waals surface area contributed by atoms with Crippen LogP contribution in [-0.4, -0.2) is 51.3 Å². The van der Waals surface area contributed by atoms with Crippen molar-refractivity contribution in [3.05, 3.63) is 90.0 Å². The van der Waals surface area contributed by atoms with E-state index in [0.717, 1.165) is 30.3 Å². The third kappa shape index (κ3) is 3.97. The summed E-state index contributed by atoms with van der Waals surface area (Å²) in [7, 11) is 5.80. The predicted molar refractivity (Wildman–Crippen MR) is 135 cm³/mol. The smallest absolute Gasteiger partial charge is 0.142 e. The zero-order chi connectivity index (χ0) is 22.8. The van der Waals surface area contributed by atoms with Crippen LogP contribution in [0.15, 0.2) is 78.9 Å². The molecule has 172 valence electrons. The van der Waals surface area contributed by atoms with Crippen molar-refractivity contribution in [2.75, 3.05) is 39.3 Å². The van der Waals surface area contributed by atoms with E-state index in [1.165, 1.54) is 24.0 Å². The summed E-state index contributed by atoms with van der Waals surface area (Å²) >= 11 is 0. The van der Waals surface area contributed by atoms with E-state index in [1.54, 1.807) is 14.2 Å². The Kier molecular flexibility index (Phi) is 6.28. The molecule has 2 bridgehead atoms. The molecule has 3 saturated heterocycles. The van der Waals surface area contributed by atoms with Crippen molar-refractivity contribution >= 4 is 5.69 Å². The van der Waals surface area contributed by atoms with Gasteiger partial charge in [-0.15, -0.1) is 0 Å². The van der Waals surface area contributed by atoms with Crippen LogP contribution in [0, 0.1) is 5.92 Å². The summed E-state index contributed by atoms with van der Waals surface area (Å²) in [6.07, 6.45) is 2.49. The van der Waals surface area contributed by atoms with Crippen molar-refractivity contribution in [1.82, 2.24) is 4.90 Å². The van der Waals surface area contributed by atoms with Crippen molar-refractivity contribution in [3.8, 4) is 11.5 Å². The molecule has 0 aliphatic carbocycles. The number of likely N-dealkylation sites (N-methyl/N-ethyl adjacent to an activating group) is 1. The number of hydrogen-bond acceptors (Lipinski definition) is 4. The first-order valence-corrected chi connectivity index (χ1v) is 12.0. The topological polar surface area (TPSA) is 24.9 Å². The van der Waals surface area contributed by atoms with E-state index in [1.807, 2.05) is 6.07 Å². The number of piperidine rings is 3. The zero-order valence-electron chi connectivity index (χ0n) is 19.9. The van der Waals surface area contributed by atoms with Gasteiger partial charge in [-0.25, -0.2) is 0 Å². The van der Waals surface area contributed by atoms with E-state index in [4.69, 9.17) is 9.47 Å². The molecule has 0 amide bonds. The molecule has 6 rings (SSSR count). The van der Waals surface area contributed by atoms with E-state index < -0.39 is 0 Å². The van der Waals surface area contributed by atoms with Gasteiger partial charge in [-0.1, -0.05) is 60.7 Å². The summed E-state index contributed by atoms with van der Waals surface area (Å²) in [6, 6.07) is 28.7. The molecule has 3 aromatic carbocycles. The summed E-state index contributed by atoms with van der Waals surface area (Å²) in [5, 5.41) is 0. The molecule has 0 N–H and O–H groups in total. The minimum Gasteiger partial charge on any atom is -0.496 e. The number of rotatable bonds is 7. The Labute approximate surface area is 197 Å². The molecule has 0 radical (unpaired) electrons. The molecule has 4 nitrogen and oxygen atoms in total. The fourth-order valence-corrected chi connectivity index (χ4v) is 6.23. The highest BCUT2D eigenvalue weighted by molar-refractivity contribution is 5.59. The number of hydrogen-bond donors (Lipinski definition) is 0. The number of fused-ring (bicyclic) bond motifs is 3. The van der Waals surface area contributed by atoms with Gasteiger partial charge in [0.1, 0.15) is 11.5 Å². The monoisotopic (exact) mass is 442 g/mol. The fourth-order valence-electron chi connectivity index (χ4n) is 6.23. The Morgan fingerprint density at radius 3 is 2.09 bits per heavy atom. The molecule has 3 fully saturated rings. The average molecular weight is 443 g/mol. The van der Waals surface area contributed by atoms with E-state index >= 15 is 0 Å². The van der Waals surface area contributed by atoms with Crippen molar-refractivity contribution in [2.45, 2.75) is 30.8 Å². The van der Waals surface area contributed by atoms with Crippen molar-refractivity contribution < 1.29 is 9.47 Å². The lowest BCUT2D eigenvalue weighted by Gasteiger charge is -2.56. The maximum atomic E-state index is 5.88. The first-order chi connectivity index (χ1) is 16.2. The SMILES string of the molecule is COc1ccccc1[C@@H](c1ccccc1)[C@@H]1[C@H](N(C)c2ccccc2OC)C2CCN1CC2. The third-order valence-corrected chi connectivity index (χ3v) is 7.72. The quantitative estimate of drug-likeness (QED) is 0.487. The maximum absolute atomic E-state index is 5.88. The molecule has 3 atom stereocenters. The fraction of sp³-hybridized carbons (Fsp3) is 0.379. The molecular weight excluding hydrogens is 408 g/mol. The number of nitrogens with zero attached hydrogens (tertiary/aromatic N) is 2. The van der Waals surface area contributed by atoms with Crippen LogP contribution < -0.4 is 14.4 Å². The van der Waals surface area contributed by atoms with Gasteiger partial charge in [0.05, 0.1) is 19.9 Å². The first kappa shape index (κ1) is 21.8. The van der Waals surface area contributed by atoms with Gasteiger partial charge in [-0.2, -0.15) is 0 Å². The molecule has 33 heavy (non-hydrogen) atoms. The van der Waals surface area contributed by atoms with Crippen LogP contribution in [-0.2, 0) is 0 Å². The predicted octanol–water partition coefficient (Wildman–Crippen LogP) is 5.43. The molecular formula is C29H34N2O2. The molecule has 0 spiro atoms. The largest absolute Gasteiger partial charge is 0.496 e. The van der Waals surface area contributed by atoms with Gasteiger partial charge in [-0.3, -0.25) is 4.90 Å². The molecule has 0 aromatic heterocycles. The van der Waals surface area contributed by atoms with Crippen molar-refractivity contribution in [3.63, 3.8) is 0 Å². The van der Waals surface area contributed by atoms with Crippen LogP contribution >= 0.6 is 0 Å². The highest BCUT2D eigenvalue weighted by atomic mass is 16.5. The van der Waals surface area contributed by atoms with E-state index in [-0.39, 0.29) is 5.92 Å². The number of methoxy groups -OCH3 is 2.